The molecule has 1 saturated carbocycles. The SMILES string of the molecule is CCC1CCC(C(C)Cc2cc(F)c(-c3ccc(C(F)(F)F)cc3)c(F)c2)CC1. The molecule has 1 aliphatic rings. The Balaban J connectivity index is 1.74. The van der Waals surface area contributed by atoms with Gasteiger partial charge in [-0.25, -0.2) is 8.78 Å². The van der Waals surface area contributed by atoms with Crippen molar-refractivity contribution in [2.24, 2.45) is 17.8 Å². The Bertz CT molecular complexity index is 791. The lowest BCUT2D eigenvalue weighted by Gasteiger charge is -2.32. The minimum absolute atomic E-state index is 0.102. The second-order valence-corrected chi connectivity index (χ2v) is 8.38. The largest absolute Gasteiger partial charge is 0.416 e. The quantitative estimate of drug-likeness (QED) is 0.438. The second-order valence-electron chi connectivity index (χ2n) is 8.38. The average Bonchev–Trinajstić information content (AvgIpc) is 2.67. The molecule has 158 valence electrons. The summed E-state index contributed by atoms with van der Waals surface area (Å²) < 4.78 is 67.4. The molecule has 0 aliphatic heterocycles. The van der Waals surface area contributed by atoms with Crippen LogP contribution in [0.25, 0.3) is 11.1 Å². The van der Waals surface area contributed by atoms with E-state index in [1.54, 1.807) is 0 Å². The Morgan fingerprint density at radius 2 is 1.48 bits per heavy atom. The molecule has 0 radical (unpaired) electrons. The predicted molar refractivity (Wildman–Crippen MR) is 105 cm³/mol. The number of rotatable bonds is 5. The summed E-state index contributed by atoms with van der Waals surface area (Å²) in [5, 5.41) is 0. The molecule has 3 rings (SSSR count). The summed E-state index contributed by atoms with van der Waals surface area (Å²) in [6, 6.07) is 6.56. The zero-order valence-corrected chi connectivity index (χ0v) is 16.8. The standard InChI is InChI=1S/C24H27F5/c1-3-16-4-6-18(7-5-16)15(2)12-17-13-21(25)23(22(26)14-17)19-8-10-20(11-9-19)24(27,28)29/h8-11,13-16,18H,3-7,12H2,1-2H3. The molecule has 2 aromatic rings. The number of hydrogen-bond donors (Lipinski definition) is 0. The lowest BCUT2D eigenvalue weighted by molar-refractivity contribution is -0.137. The van der Waals surface area contributed by atoms with E-state index in [-0.39, 0.29) is 11.1 Å². The van der Waals surface area contributed by atoms with Crippen molar-refractivity contribution in [1.82, 2.24) is 0 Å². The first kappa shape index (κ1) is 21.8. The van der Waals surface area contributed by atoms with E-state index in [4.69, 9.17) is 0 Å². The number of benzene rings is 2. The molecule has 1 aliphatic carbocycles. The minimum atomic E-state index is -4.48. The van der Waals surface area contributed by atoms with Crippen molar-refractivity contribution in [3.63, 3.8) is 0 Å². The summed E-state index contributed by atoms with van der Waals surface area (Å²) in [5.41, 5.74) is -0.421. The summed E-state index contributed by atoms with van der Waals surface area (Å²) in [4.78, 5) is 0. The van der Waals surface area contributed by atoms with Crippen LogP contribution in [0.1, 0.15) is 57.1 Å². The normalized spacial score (nSPS) is 21.2. The maximum absolute atomic E-state index is 14.7. The second kappa shape index (κ2) is 8.85. The first-order valence-corrected chi connectivity index (χ1v) is 10.3. The summed E-state index contributed by atoms with van der Waals surface area (Å²) >= 11 is 0. The average molecular weight is 410 g/mol. The molecule has 29 heavy (non-hydrogen) atoms. The van der Waals surface area contributed by atoms with Crippen LogP contribution >= 0.6 is 0 Å². The van der Waals surface area contributed by atoms with Crippen LogP contribution in [-0.2, 0) is 12.6 Å². The van der Waals surface area contributed by atoms with Gasteiger partial charge in [-0.3, -0.25) is 0 Å². The smallest absolute Gasteiger partial charge is 0.206 e. The van der Waals surface area contributed by atoms with E-state index in [2.05, 4.69) is 13.8 Å². The molecule has 0 heterocycles. The Labute approximate surface area is 169 Å². The Hall–Kier alpha value is -1.91. The lowest BCUT2D eigenvalue weighted by atomic mass is 9.74. The summed E-state index contributed by atoms with van der Waals surface area (Å²) in [6.07, 6.45) is 2.10. The number of hydrogen-bond acceptors (Lipinski definition) is 0. The molecule has 0 N–H and O–H groups in total. The van der Waals surface area contributed by atoms with Crippen molar-refractivity contribution in [3.05, 3.63) is 59.2 Å². The molecule has 0 aromatic heterocycles. The molecule has 0 nitrogen and oxygen atoms in total. The van der Waals surface area contributed by atoms with Crippen LogP contribution in [0.4, 0.5) is 22.0 Å². The van der Waals surface area contributed by atoms with Gasteiger partial charge >= 0.3 is 6.18 Å². The fourth-order valence-electron chi connectivity index (χ4n) is 4.55. The highest BCUT2D eigenvalue weighted by Gasteiger charge is 2.30. The Morgan fingerprint density at radius 3 is 1.97 bits per heavy atom. The van der Waals surface area contributed by atoms with Crippen LogP contribution in [0.5, 0.6) is 0 Å². The molecular weight excluding hydrogens is 383 g/mol. The van der Waals surface area contributed by atoms with Gasteiger partial charge in [0.2, 0.25) is 0 Å². The van der Waals surface area contributed by atoms with E-state index in [0.717, 1.165) is 43.0 Å². The zero-order valence-electron chi connectivity index (χ0n) is 16.8. The third-order valence-corrected chi connectivity index (χ3v) is 6.43. The van der Waals surface area contributed by atoms with Crippen LogP contribution in [0, 0.1) is 29.4 Å². The van der Waals surface area contributed by atoms with Gasteiger partial charge in [-0.1, -0.05) is 45.2 Å². The van der Waals surface area contributed by atoms with Crippen molar-refractivity contribution in [2.45, 2.75) is 58.5 Å². The van der Waals surface area contributed by atoms with Gasteiger partial charge in [0.15, 0.2) is 0 Å². The van der Waals surface area contributed by atoms with Gasteiger partial charge in [0.25, 0.3) is 0 Å². The molecule has 0 saturated heterocycles. The van der Waals surface area contributed by atoms with Gasteiger partial charge in [-0.05, 0) is 72.4 Å². The van der Waals surface area contributed by atoms with Crippen molar-refractivity contribution in [2.75, 3.05) is 0 Å². The molecule has 1 fully saturated rings. The topological polar surface area (TPSA) is 0 Å². The molecule has 5 heteroatoms. The van der Waals surface area contributed by atoms with Crippen LogP contribution in [0.15, 0.2) is 36.4 Å². The highest BCUT2D eigenvalue weighted by Crippen LogP contribution is 2.37. The third kappa shape index (κ3) is 5.18. The number of halogens is 5. The highest BCUT2D eigenvalue weighted by molar-refractivity contribution is 5.65. The number of alkyl halides is 3. The van der Waals surface area contributed by atoms with E-state index in [1.807, 2.05) is 0 Å². The molecule has 0 amide bonds. The lowest BCUT2D eigenvalue weighted by Crippen LogP contribution is -2.21. The van der Waals surface area contributed by atoms with Crippen molar-refractivity contribution in [1.29, 1.82) is 0 Å². The fourth-order valence-corrected chi connectivity index (χ4v) is 4.55. The van der Waals surface area contributed by atoms with Crippen LogP contribution in [0.3, 0.4) is 0 Å². The van der Waals surface area contributed by atoms with Crippen LogP contribution in [0.2, 0.25) is 0 Å². The summed E-state index contributed by atoms with van der Waals surface area (Å²) in [6.45, 7) is 4.36. The summed E-state index contributed by atoms with van der Waals surface area (Å²) in [7, 11) is 0. The summed E-state index contributed by atoms with van der Waals surface area (Å²) in [5.74, 6) is 0.238. The van der Waals surface area contributed by atoms with Gasteiger partial charge in [0, 0.05) is 0 Å². The van der Waals surface area contributed by atoms with Gasteiger partial charge in [-0.15, -0.1) is 0 Å². The van der Waals surface area contributed by atoms with E-state index >= 15 is 0 Å². The van der Waals surface area contributed by atoms with Crippen LogP contribution in [-0.4, -0.2) is 0 Å². The van der Waals surface area contributed by atoms with Crippen molar-refractivity contribution >= 4 is 0 Å². The third-order valence-electron chi connectivity index (χ3n) is 6.43. The van der Waals surface area contributed by atoms with Gasteiger partial charge < -0.3 is 0 Å². The maximum Gasteiger partial charge on any atom is 0.416 e. The monoisotopic (exact) mass is 410 g/mol. The van der Waals surface area contributed by atoms with Gasteiger partial charge in [0.05, 0.1) is 11.1 Å². The van der Waals surface area contributed by atoms with Crippen LogP contribution < -0.4 is 0 Å². The highest BCUT2D eigenvalue weighted by atomic mass is 19.4. The molecular formula is C24H27F5. The first-order valence-electron chi connectivity index (χ1n) is 10.3. The molecule has 1 unspecified atom stereocenters. The minimum Gasteiger partial charge on any atom is -0.206 e. The van der Waals surface area contributed by atoms with E-state index < -0.39 is 23.4 Å². The van der Waals surface area contributed by atoms with E-state index in [1.165, 1.54) is 31.4 Å². The molecule has 0 spiro atoms. The Morgan fingerprint density at radius 1 is 0.931 bits per heavy atom. The van der Waals surface area contributed by atoms with Crippen molar-refractivity contribution in [3.8, 4) is 11.1 Å². The maximum atomic E-state index is 14.7. The molecule has 0 bridgehead atoms. The fraction of sp³-hybridized carbons (Fsp3) is 0.500. The predicted octanol–water partition coefficient (Wildman–Crippen LogP) is 8.05. The van der Waals surface area contributed by atoms with Gasteiger partial charge in [0.1, 0.15) is 11.6 Å². The zero-order chi connectivity index (χ0) is 21.2. The van der Waals surface area contributed by atoms with E-state index in [9.17, 15) is 22.0 Å². The first-order chi connectivity index (χ1) is 13.7. The molecule has 1 atom stereocenters. The van der Waals surface area contributed by atoms with Gasteiger partial charge in [-0.2, -0.15) is 13.2 Å². The Kier molecular flexibility index (Phi) is 6.65. The van der Waals surface area contributed by atoms with Crippen molar-refractivity contribution < 1.29 is 22.0 Å². The molecule has 2 aromatic carbocycles. The van der Waals surface area contributed by atoms with E-state index in [0.29, 0.717) is 23.8 Å².